The predicted molar refractivity (Wildman–Crippen MR) is 102 cm³/mol. The number of carbonyl (C=O) groups excluding carboxylic acids is 1. The molecule has 1 aliphatic heterocycles. The molecule has 8 nitrogen and oxygen atoms in total. The fourth-order valence-electron chi connectivity index (χ4n) is 3.68. The van der Waals surface area contributed by atoms with Crippen molar-refractivity contribution in [3.05, 3.63) is 59.8 Å². The molecular weight excluding hydrogens is 382 g/mol. The number of benzene rings is 2. The summed E-state index contributed by atoms with van der Waals surface area (Å²) in [6.45, 7) is 0.112. The molecular formula is C19H19N3O5S. The standard InChI is InChI=1S/C19H19N3O5S/c1-27-12-6-8-13(9-7-12)28(25,26)22-11-10-15-14-4-2-3-5-16(14)20-17(15)18(22)19(23)21-24/h2-9,18,20,24H,10-11H2,1H3,(H,21,23)/t18-/m0/s1. The molecule has 0 saturated carbocycles. The van der Waals surface area contributed by atoms with Gasteiger partial charge < -0.3 is 9.72 Å². The fraction of sp³-hybridized carbons (Fsp3) is 0.211. The highest BCUT2D eigenvalue weighted by molar-refractivity contribution is 7.89. The summed E-state index contributed by atoms with van der Waals surface area (Å²) in [5.74, 6) is -0.287. The number of hydrogen-bond acceptors (Lipinski definition) is 5. The van der Waals surface area contributed by atoms with E-state index in [1.54, 1.807) is 17.6 Å². The highest BCUT2D eigenvalue weighted by Gasteiger charge is 2.42. The van der Waals surface area contributed by atoms with E-state index in [2.05, 4.69) is 4.98 Å². The molecule has 146 valence electrons. The highest BCUT2D eigenvalue weighted by atomic mass is 32.2. The van der Waals surface area contributed by atoms with Crippen LogP contribution < -0.4 is 10.2 Å². The van der Waals surface area contributed by atoms with Gasteiger partial charge in [-0.3, -0.25) is 10.0 Å². The van der Waals surface area contributed by atoms with Crippen LogP contribution in [0.15, 0.2) is 53.4 Å². The number of sulfonamides is 1. The number of fused-ring (bicyclic) bond motifs is 3. The van der Waals surface area contributed by atoms with Crippen molar-refractivity contribution in [3.8, 4) is 5.75 Å². The van der Waals surface area contributed by atoms with Gasteiger partial charge in [0.2, 0.25) is 10.0 Å². The minimum atomic E-state index is -3.99. The Hall–Kier alpha value is -2.88. The molecule has 3 aromatic rings. The number of H-pyrrole nitrogens is 1. The SMILES string of the molecule is COc1ccc(S(=O)(=O)N2CCc3c([nH]c4ccccc34)[C@H]2C(=O)NO)cc1. The van der Waals surface area contributed by atoms with E-state index >= 15 is 0 Å². The zero-order valence-corrected chi connectivity index (χ0v) is 15.9. The summed E-state index contributed by atoms with van der Waals surface area (Å²) in [5.41, 5.74) is 3.77. The number of nitrogens with one attached hydrogen (secondary N) is 2. The maximum Gasteiger partial charge on any atom is 0.267 e. The molecule has 1 aromatic heterocycles. The third-order valence-electron chi connectivity index (χ3n) is 5.01. The molecule has 4 rings (SSSR count). The predicted octanol–water partition coefficient (Wildman–Crippen LogP) is 1.97. The summed E-state index contributed by atoms with van der Waals surface area (Å²) >= 11 is 0. The molecule has 1 atom stereocenters. The largest absolute Gasteiger partial charge is 0.497 e. The molecule has 3 N–H and O–H groups in total. The second-order valence-corrected chi connectivity index (χ2v) is 8.37. The van der Waals surface area contributed by atoms with Gasteiger partial charge in [-0.15, -0.1) is 0 Å². The van der Waals surface area contributed by atoms with Crippen LogP contribution in [0.5, 0.6) is 5.75 Å². The summed E-state index contributed by atoms with van der Waals surface area (Å²) in [6, 6.07) is 12.3. The van der Waals surface area contributed by atoms with Crippen LogP contribution in [0.25, 0.3) is 10.9 Å². The van der Waals surface area contributed by atoms with Crippen molar-refractivity contribution in [2.75, 3.05) is 13.7 Å². The monoisotopic (exact) mass is 401 g/mol. The van der Waals surface area contributed by atoms with Crippen LogP contribution in [0.1, 0.15) is 17.3 Å². The van der Waals surface area contributed by atoms with Crippen LogP contribution in [0.2, 0.25) is 0 Å². The molecule has 2 aromatic carbocycles. The minimum Gasteiger partial charge on any atom is -0.497 e. The maximum absolute atomic E-state index is 13.3. The van der Waals surface area contributed by atoms with Crippen molar-refractivity contribution in [1.82, 2.24) is 14.8 Å². The van der Waals surface area contributed by atoms with Gasteiger partial charge in [0, 0.05) is 23.1 Å². The number of para-hydroxylation sites is 1. The van der Waals surface area contributed by atoms with Gasteiger partial charge in [0.25, 0.3) is 5.91 Å². The van der Waals surface area contributed by atoms with Gasteiger partial charge in [-0.25, -0.2) is 13.9 Å². The van der Waals surface area contributed by atoms with Crippen molar-refractivity contribution < 1.29 is 23.2 Å². The lowest BCUT2D eigenvalue weighted by Crippen LogP contribution is -2.46. The van der Waals surface area contributed by atoms with Crippen LogP contribution in [-0.4, -0.2) is 42.5 Å². The normalized spacial score (nSPS) is 17.3. The second-order valence-electron chi connectivity index (χ2n) is 6.48. The Morgan fingerprint density at radius 1 is 1.21 bits per heavy atom. The van der Waals surface area contributed by atoms with Gasteiger partial charge in [0.15, 0.2) is 0 Å². The van der Waals surface area contributed by atoms with Crippen molar-refractivity contribution >= 4 is 26.8 Å². The summed E-state index contributed by atoms with van der Waals surface area (Å²) in [4.78, 5) is 15.7. The van der Waals surface area contributed by atoms with Gasteiger partial charge in [-0.05, 0) is 42.3 Å². The first-order chi connectivity index (χ1) is 13.5. The number of hydrogen-bond donors (Lipinski definition) is 3. The number of amides is 1. The van der Waals surface area contributed by atoms with Gasteiger partial charge >= 0.3 is 0 Å². The van der Waals surface area contributed by atoms with E-state index in [4.69, 9.17) is 4.74 Å². The Balaban J connectivity index is 1.83. The lowest BCUT2D eigenvalue weighted by atomic mass is 9.99. The molecule has 2 heterocycles. The Labute approximate surface area is 161 Å². The van der Waals surface area contributed by atoms with Crippen LogP contribution in [0.3, 0.4) is 0 Å². The molecule has 0 fully saturated rings. The number of aromatic nitrogens is 1. The average molecular weight is 401 g/mol. The smallest absolute Gasteiger partial charge is 0.267 e. The zero-order valence-electron chi connectivity index (χ0n) is 15.0. The van der Waals surface area contributed by atoms with Gasteiger partial charge in [0.1, 0.15) is 11.8 Å². The average Bonchev–Trinajstić information content (AvgIpc) is 3.11. The number of rotatable bonds is 4. The molecule has 0 unspecified atom stereocenters. The van der Waals surface area contributed by atoms with Gasteiger partial charge in [0.05, 0.1) is 12.0 Å². The minimum absolute atomic E-state index is 0.0450. The fourth-order valence-corrected chi connectivity index (χ4v) is 5.24. The second kappa shape index (κ2) is 6.93. The molecule has 28 heavy (non-hydrogen) atoms. The van der Waals surface area contributed by atoms with Gasteiger partial charge in [-0.1, -0.05) is 18.2 Å². The van der Waals surface area contributed by atoms with E-state index in [0.29, 0.717) is 17.9 Å². The molecule has 0 bridgehead atoms. The number of ether oxygens (including phenoxy) is 1. The van der Waals surface area contributed by atoms with Crippen LogP contribution in [0, 0.1) is 0 Å². The van der Waals surface area contributed by atoms with Crippen molar-refractivity contribution in [2.45, 2.75) is 17.4 Å². The van der Waals surface area contributed by atoms with Crippen LogP contribution >= 0.6 is 0 Å². The van der Waals surface area contributed by atoms with E-state index in [-0.39, 0.29) is 11.4 Å². The van der Waals surface area contributed by atoms with E-state index in [9.17, 15) is 18.4 Å². The summed E-state index contributed by atoms with van der Waals surface area (Å²) in [6.07, 6.45) is 0.448. The van der Waals surface area contributed by atoms with Crippen LogP contribution in [0.4, 0.5) is 0 Å². The lowest BCUT2D eigenvalue weighted by molar-refractivity contribution is -0.133. The Bertz CT molecular complexity index is 1140. The van der Waals surface area contributed by atoms with E-state index in [0.717, 1.165) is 20.8 Å². The Kier molecular flexibility index (Phi) is 4.58. The van der Waals surface area contributed by atoms with Crippen molar-refractivity contribution in [3.63, 3.8) is 0 Å². The molecule has 0 saturated heterocycles. The molecule has 0 spiro atoms. The van der Waals surface area contributed by atoms with E-state index in [1.165, 1.54) is 19.2 Å². The van der Waals surface area contributed by atoms with Crippen LogP contribution in [-0.2, 0) is 21.2 Å². The highest BCUT2D eigenvalue weighted by Crippen LogP contribution is 2.37. The Morgan fingerprint density at radius 3 is 2.61 bits per heavy atom. The Morgan fingerprint density at radius 2 is 1.93 bits per heavy atom. The first-order valence-corrected chi connectivity index (χ1v) is 10.1. The van der Waals surface area contributed by atoms with Gasteiger partial charge in [-0.2, -0.15) is 4.31 Å². The first-order valence-electron chi connectivity index (χ1n) is 8.66. The molecule has 9 heteroatoms. The quantitative estimate of drug-likeness (QED) is 0.457. The third kappa shape index (κ3) is 2.84. The number of carbonyl (C=O) groups is 1. The van der Waals surface area contributed by atoms with E-state index in [1.807, 2.05) is 24.3 Å². The summed E-state index contributed by atoms with van der Waals surface area (Å²) < 4.78 is 32.7. The summed E-state index contributed by atoms with van der Waals surface area (Å²) in [7, 11) is -2.49. The number of nitrogens with zero attached hydrogens (tertiary/aromatic N) is 1. The number of hydroxylamine groups is 1. The number of methoxy groups -OCH3 is 1. The molecule has 1 aliphatic rings. The molecule has 0 aliphatic carbocycles. The topological polar surface area (TPSA) is 112 Å². The molecule has 1 amide bonds. The lowest BCUT2D eigenvalue weighted by Gasteiger charge is -2.33. The number of aromatic amines is 1. The maximum atomic E-state index is 13.3. The molecule has 0 radical (unpaired) electrons. The van der Waals surface area contributed by atoms with Crippen molar-refractivity contribution in [1.29, 1.82) is 0 Å². The van der Waals surface area contributed by atoms with E-state index < -0.39 is 22.0 Å². The third-order valence-corrected chi connectivity index (χ3v) is 6.89. The zero-order chi connectivity index (χ0) is 19.9. The first kappa shape index (κ1) is 18.5. The van der Waals surface area contributed by atoms with Crippen molar-refractivity contribution in [2.24, 2.45) is 0 Å². The summed E-state index contributed by atoms with van der Waals surface area (Å²) in [5, 5.41) is 10.2.